The summed E-state index contributed by atoms with van der Waals surface area (Å²) < 4.78 is 6.91. The van der Waals surface area contributed by atoms with E-state index in [-0.39, 0.29) is 5.56 Å². The lowest BCUT2D eigenvalue weighted by atomic mass is 10.1. The molecule has 0 spiro atoms. The Morgan fingerprint density at radius 1 is 1.22 bits per heavy atom. The molecule has 2 rings (SSSR count). The summed E-state index contributed by atoms with van der Waals surface area (Å²) in [5.74, 6) is 0.777. The van der Waals surface area contributed by atoms with Gasteiger partial charge in [0.15, 0.2) is 0 Å². The van der Waals surface area contributed by atoms with Crippen LogP contribution in [0.2, 0.25) is 0 Å². The summed E-state index contributed by atoms with van der Waals surface area (Å²) in [4.78, 5) is 17.2. The van der Waals surface area contributed by atoms with E-state index >= 15 is 0 Å². The van der Waals surface area contributed by atoms with Gasteiger partial charge in [0.1, 0.15) is 5.82 Å². The zero-order chi connectivity index (χ0) is 16.7. The van der Waals surface area contributed by atoms with Crippen molar-refractivity contribution >= 4 is 6.08 Å². The van der Waals surface area contributed by atoms with E-state index in [0.29, 0.717) is 25.1 Å². The molecule has 4 nitrogen and oxygen atoms in total. The van der Waals surface area contributed by atoms with E-state index in [0.717, 1.165) is 17.8 Å². The molecule has 4 heteroatoms. The minimum atomic E-state index is 0.0169. The van der Waals surface area contributed by atoms with E-state index in [1.54, 1.807) is 17.9 Å². The van der Waals surface area contributed by atoms with Crippen molar-refractivity contribution in [3.8, 4) is 0 Å². The third kappa shape index (κ3) is 4.89. The van der Waals surface area contributed by atoms with E-state index in [2.05, 4.69) is 17.1 Å². The van der Waals surface area contributed by atoms with Gasteiger partial charge in [-0.2, -0.15) is 0 Å². The van der Waals surface area contributed by atoms with Crippen LogP contribution in [0.15, 0.2) is 46.9 Å². The fourth-order valence-corrected chi connectivity index (χ4v) is 2.46. The number of ether oxygens (including phenoxy) is 1. The van der Waals surface area contributed by atoms with Gasteiger partial charge in [-0.3, -0.25) is 9.36 Å². The smallest absolute Gasteiger partial charge is 0.260 e. The molecule has 0 aliphatic carbocycles. The minimum Gasteiger partial charge on any atom is -0.384 e. The lowest BCUT2D eigenvalue weighted by Crippen LogP contribution is -2.28. The first-order valence-electron chi connectivity index (χ1n) is 7.88. The predicted octanol–water partition coefficient (Wildman–Crippen LogP) is 3.10. The van der Waals surface area contributed by atoms with Gasteiger partial charge in [0.25, 0.3) is 5.56 Å². The summed E-state index contributed by atoms with van der Waals surface area (Å²) in [5, 5.41) is 0. The van der Waals surface area contributed by atoms with Crippen molar-refractivity contribution in [3.63, 3.8) is 0 Å². The van der Waals surface area contributed by atoms with E-state index < -0.39 is 0 Å². The number of aryl methyl sites for hydroxylation is 1. The second-order valence-electron chi connectivity index (χ2n) is 5.79. The zero-order valence-corrected chi connectivity index (χ0v) is 14.1. The molecule has 0 saturated carbocycles. The second-order valence-corrected chi connectivity index (χ2v) is 5.79. The Labute approximate surface area is 137 Å². The Kier molecular flexibility index (Phi) is 6.29. The van der Waals surface area contributed by atoms with Gasteiger partial charge in [-0.1, -0.05) is 35.9 Å². The Balaban J connectivity index is 2.32. The maximum Gasteiger partial charge on any atom is 0.260 e. The fourth-order valence-electron chi connectivity index (χ4n) is 2.46. The van der Waals surface area contributed by atoms with Gasteiger partial charge in [0.05, 0.1) is 12.2 Å². The van der Waals surface area contributed by atoms with Gasteiger partial charge >= 0.3 is 0 Å². The van der Waals surface area contributed by atoms with E-state index in [9.17, 15) is 4.79 Å². The lowest BCUT2D eigenvalue weighted by molar-refractivity contribution is 0.199. The molecule has 0 fully saturated rings. The Morgan fingerprint density at radius 2 is 1.96 bits per heavy atom. The van der Waals surface area contributed by atoms with E-state index in [1.807, 2.05) is 38.1 Å². The number of benzene rings is 1. The number of allylic oxidation sites excluding steroid dienone is 1. The highest BCUT2D eigenvalue weighted by molar-refractivity contribution is 5.49. The fraction of sp³-hybridized carbons (Fsp3) is 0.368. The van der Waals surface area contributed by atoms with Crippen LogP contribution in [0.5, 0.6) is 0 Å². The molecular weight excluding hydrogens is 288 g/mol. The molecule has 0 aliphatic heterocycles. The molecule has 23 heavy (non-hydrogen) atoms. The summed E-state index contributed by atoms with van der Waals surface area (Å²) >= 11 is 0. The molecule has 1 heterocycles. The number of nitrogens with zero attached hydrogens (tertiary/aromatic N) is 2. The maximum absolute atomic E-state index is 12.7. The molecule has 0 radical (unpaired) electrons. The first-order valence-corrected chi connectivity index (χ1v) is 7.88. The standard InChI is InChI=1S/C19H24N2O2/c1-15(2)13-17-14-20-18(10-12-23-3)21(19(17)22)11-9-16-7-5-4-6-8-16/h4-8,13-14H,9-12H2,1-3H3. The molecule has 0 bridgehead atoms. The van der Waals surface area contributed by atoms with Crippen molar-refractivity contribution in [2.75, 3.05) is 13.7 Å². The minimum absolute atomic E-state index is 0.0169. The van der Waals surface area contributed by atoms with Crippen LogP contribution in [-0.2, 0) is 24.1 Å². The van der Waals surface area contributed by atoms with Gasteiger partial charge in [0, 0.05) is 26.3 Å². The van der Waals surface area contributed by atoms with Gasteiger partial charge in [-0.15, -0.1) is 0 Å². The van der Waals surface area contributed by atoms with E-state index in [4.69, 9.17) is 4.74 Å². The topological polar surface area (TPSA) is 44.1 Å². The Morgan fingerprint density at radius 3 is 2.61 bits per heavy atom. The quantitative estimate of drug-likeness (QED) is 0.789. The first kappa shape index (κ1) is 17.2. The van der Waals surface area contributed by atoms with Crippen molar-refractivity contribution in [2.24, 2.45) is 0 Å². The van der Waals surface area contributed by atoms with Crippen LogP contribution in [0.4, 0.5) is 0 Å². The van der Waals surface area contributed by atoms with Crippen molar-refractivity contribution in [1.29, 1.82) is 0 Å². The maximum atomic E-state index is 12.7. The molecule has 0 N–H and O–H groups in total. The highest BCUT2D eigenvalue weighted by Gasteiger charge is 2.09. The molecule has 0 unspecified atom stereocenters. The highest BCUT2D eigenvalue weighted by Crippen LogP contribution is 2.06. The normalized spacial score (nSPS) is 10.6. The molecule has 122 valence electrons. The van der Waals surface area contributed by atoms with Gasteiger partial charge in [-0.25, -0.2) is 4.98 Å². The van der Waals surface area contributed by atoms with Crippen LogP contribution < -0.4 is 5.56 Å². The van der Waals surface area contributed by atoms with Crippen LogP contribution >= 0.6 is 0 Å². The summed E-state index contributed by atoms with van der Waals surface area (Å²) in [6.07, 6.45) is 4.99. The Hall–Kier alpha value is -2.20. The number of aromatic nitrogens is 2. The number of rotatable bonds is 7. The van der Waals surface area contributed by atoms with Crippen LogP contribution in [-0.4, -0.2) is 23.3 Å². The SMILES string of the molecule is COCCc1ncc(C=C(C)C)c(=O)n1CCc1ccccc1. The average molecular weight is 312 g/mol. The largest absolute Gasteiger partial charge is 0.384 e. The van der Waals surface area contributed by atoms with Gasteiger partial charge in [0.2, 0.25) is 0 Å². The van der Waals surface area contributed by atoms with Crippen molar-refractivity contribution in [2.45, 2.75) is 33.2 Å². The summed E-state index contributed by atoms with van der Waals surface area (Å²) in [6.45, 7) is 5.14. The van der Waals surface area contributed by atoms with Crippen LogP contribution in [0.25, 0.3) is 6.08 Å². The molecule has 1 aromatic carbocycles. The summed E-state index contributed by atoms with van der Waals surface area (Å²) in [7, 11) is 1.66. The molecule has 0 aliphatic rings. The second kappa shape index (κ2) is 8.44. The summed E-state index contributed by atoms with van der Waals surface area (Å²) in [5.41, 5.74) is 2.95. The van der Waals surface area contributed by atoms with Crippen molar-refractivity contribution < 1.29 is 4.74 Å². The monoisotopic (exact) mass is 312 g/mol. The number of hydrogen-bond donors (Lipinski definition) is 0. The molecule has 0 atom stereocenters. The van der Waals surface area contributed by atoms with Crippen LogP contribution in [0, 0.1) is 0 Å². The third-order valence-corrected chi connectivity index (χ3v) is 3.60. The molecule has 0 amide bonds. The molecule has 0 saturated heterocycles. The lowest BCUT2D eigenvalue weighted by Gasteiger charge is -2.13. The van der Waals surface area contributed by atoms with Gasteiger partial charge < -0.3 is 4.74 Å². The van der Waals surface area contributed by atoms with Gasteiger partial charge in [-0.05, 0) is 31.9 Å². The van der Waals surface area contributed by atoms with E-state index in [1.165, 1.54) is 5.56 Å². The average Bonchev–Trinajstić information content (AvgIpc) is 2.55. The van der Waals surface area contributed by atoms with Crippen molar-refractivity contribution in [1.82, 2.24) is 9.55 Å². The van der Waals surface area contributed by atoms with Crippen LogP contribution in [0.3, 0.4) is 0 Å². The Bertz CT molecular complexity index is 714. The number of hydrogen-bond acceptors (Lipinski definition) is 3. The van der Waals surface area contributed by atoms with Crippen molar-refractivity contribution in [3.05, 3.63) is 69.4 Å². The molecule has 2 aromatic rings. The molecule has 1 aromatic heterocycles. The number of methoxy groups -OCH3 is 1. The predicted molar refractivity (Wildman–Crippen MR) is 93.5 cm³/mol. The highest BCUT2D eigenvalue weighted by atomic mass is 16.5. The van der Waals surface area contributed by atoms with Crippen LogP contribution in [0.1, 0.15) is 30.8 Å². The zero-order valence-electron chi connectivity index (χ0n) is 14.1. The first-order chi connectivity index (χ1) is 11.1. The molecular formula is C19H24N2O2. The summed E-state index contributed by atoms with van der Waals surface area (Å²) in [6, 6.07) is 10.2. The third-order valence-electron chi connectivity index (χ3n) is 3.60.